The lowest BCUT2D eigenvalue weighted by Gasteiger charge is -2.05. The summed E-state index contributed by atoms with van der Waals surface area (Å²) in [7, 11) is 3.41. The van der Waals surface area contributed by atoms with Crippen molar-refractivity contribution >= 4 is 40.8 Å². The van der Waals surface area contributed by atoms with Crippen molar-refractivity contribution in [3.8, 4) is 22.5 Å². The second-order valence-electron chi connectivity index (χ2n) is 9.42. The molecule has 0 saturated carbocycles. The van der Waals surface area contributed by atoms with Crippen LogP contribution in [0.4, 0.5) is 14.5 Å². The maximum absolute atomic E-state index is 13.7. The van der Waals surface area contributed by atoms with Gasteiger partial charge in [0.25, 0.3) is 5.91 Å². The fraction of sp³-hybridized carbons (Fsp3) is 0.200. The third-order valence-corrected chi connectivity index (χ3v) is 6.75. The van der Waals surface area contributed by atoms with Crippen LogP contribution in [-0.2, 0) is 18.8 Å². The summed E-state index contributed by atoms with van der Waals surface area (Å²) in [5.41, 5.74) is 4.24. The lowest BCUT2D eigenvalue weighted by molar-refractivity contribution is 0.0518. The normalized spacial score (nSPS) is 10.7. The van der Waals surface area contributed by atoms with E-state index in [2.05, 4.69) is 25.5 Å². The average molecular weight is 642 g/mol. The van der Waals surface area contributed by atoms with Gasteiger partial charge in [-0.3, -0.25) is 24.1 Å². The molecule has 0 unspecified atom stereocenters. The highest BCUT2D eigenvalue weighted by atomic mass is 35.5. The average Bonchev–Trinajstić information content (AvgIpc) is 3.56. The van der Waals surface area contributed by atoms with Crippen LogP contribution in [0.2, 0.25) is 10.0 Å². The summed E-state index contributed by atoms with van der Waals surface area (Å²) in [5.74, 6) is -2.88. The first-order chi connectivity index (χ1) is 20.9. The van der Waals surface area contributed by atoms with Gasteiger partial charge in [-0.1, -0.05) is 29.3 Å². The van der Waals surface area contributed by atoms with Crippen LogP contribution in [0.15, 0.2) is 54.9 Å². The van der Waals surface area contributed by atoms with Gasteiger partial charge in [-0.15, -0.1) is 0 Å². The maximum atomic E-state index is 13.7. The van der Waals surface area contributed by atoms with E-state index in [0.717, 1.165) is 29.1 Å². The van der Waals surface area contributed by atoms with Crippen molar-refractivity contribution in [3.05, 3.63) is 99.3 Å². The highest BCUT2D eigenvalue weighted by molar-refractivity contribution is 6.31. The molecule has 0 aliphatic carbocycles. The zero-order valence-corrected chi connectivity index (χ0v) is 25.8. The molecule has 1 aromatic carbocycles. The van der Waals surface area contributed by atoms with Crippen LogP contribution in [0.1, 0.15) is 39.3 Å². The highest BCUT2D eigenvalue weighted by Crippen LogP contribution is 2.27. The topological polar surface area (TPSA) is 117 Å². The zero-order valence-electron chi connectivity index (χ0n) is 24.3. The molecule has 5 aromatic rings. The minimum Gasteiger partial charge on any atom is -0.461 e. The number of rotatable bonds is 6. The number of aryl methyl sites for hydroxylation is 4. The molecule has 4 aromatic heterocycles. The Morgan fingerprint density at radius 1 is 0.841 bits per heavy atom. The van der Waals surface area contributed by atoms with Crippen molar-refractivity contribution in [2.24, 2.45) is 14.1 Å². The van der Waals surface area contributed by atoms with E-state index in [0.29, 0.717) is 33.6 Å². The minimum atomic E-state index is -0.862. The smallest absolute Gasteiger partial charge is 0.358 e. The Hall–Kier alpha value is -4.68. The van der Waals surface area contributed by atoms with Gasteiger partial charge in [0.1, 0.15) is 17.3 Å². The number of aromatic nitrogens is 6. The third-order valence-electron chi connectivity index (χ3n) is 6.34. The number of benzene rings is 1. The fourth-order valence-electron chi connectivity index (χ4n) is 4.18. The summed E-state index contributed by atoms with van der Waals surface area (Å²) in [6.07, 6.45) is 3.11. The van der Waals surface area contributed by atoms with Gasteiger partial charge in [-0.25, -0.2) is 13.6 Å². The SMILES string of the molecule is CCOC(=O)c1cc(-c2cc(Cl)cnc2C)n(C)n1.Cc1ncc(Cl)cc1-c1cc(C(=O)Nc2c(F)cccc2F)nn1C. The van der Waals surface area contributed by atoms with Gasteiger partial charge in [-0.05, 0) is 57.2 Å². The number of pyridine rings is 2. The van der Waals surface area contributed by atoms with Gasteiger partial charge in [0.2, 0.25) is 0 Å². The first-order valence-electron chi connectivity index (χ1n) is 13.1. The van der Waals surface area contributed by atoms with Crippen LogP contribution in [0.3, 0.4) is 0 Å². The Balaban J connectivity index is 0.000000209. The van der Waals surface area contributed by atoms with Crippen LogP contribution < -0.4 is 5.32 Å². The van der Waals surface area contributed by atoms with Crippen molar-refractivity contribution in [3.63, 3.8) is 0 Å². The molecule has 0 radical (unpaired) electrons. The second kappa shape index (κ2) is 13.7. The number of esters is 1. The number of carbonyl (C=O) groups excluding carboxylic acids is 2. The van der Waals surface area contributed by atoms with Crippen molar-refractivity contribution in [2.75, 3.05) is 11.9 Å². The van der Waals surface area contributed by atoms with Crippen LogP contribution in [0.5, 0.6) is 0 Å². The first kappa shape index (κ1) is 32.2. The largest absolute Gasteiger partial charge is 0.461 e. The molecule has 0 fully saturated rings. The minimum absolute atomic E-state index is 0.0135. The molecule has 0 atom stereocenters. The van der Waals surface area contributed by atoms with Crippen LogP contribution in [0.25, 0.3) is 22.5 Å². The van der Waals surface area contributed by atoms with Crippen molar-refractivity contribution in [2.45, 2.75) is 20.8 Å². The Morgan fingerprint density at radius 2 is 1.32 bits per heavy atom. The van der Waals surface area contributed by atoms with E-state index >= 15 is 0 Å². The van der Waals surface area contributed by atoms with Crippen LogP contribution in [0, 0.1) is 25.5 Å². The van der Waals surface area contributed by atoms with Gasteiger partial charge < -0.3 is 10.1 Å². The Labute approximate surface area is 261 Å². The standard InChI is InChI=1S/C17H13ClF2N4O.C13H14ClN3O2/c1-9-11(6-10(18)8-21-9)15-7-14(23-24(15)2)17(25)22-16-12(19)4-3-5-13(16)20;1-4-19-13(18)11-6-12(17(3)16-11)10-5-9(14)7-15-8(10)2/h3-8H,1-2H3,(H,22,25);5-7H,4H2,1-3H3. The molecule has 1 amide bonds. The maximum Gasteiger partial charge on any atom is 0.358 e. The van der Waals surface area contributed by atoms with Crippen LogP contribution in [-0.4, -0.2) is 48.0 Å². The van der Waals surface area contributed by atoms with Gasteiger partial charge in [0, 0.05) is 49.0 Å². The molecule has 10 nitrogen and oxygen atoms in total. The van der Waals surface area contributed by atoms with Gasteiger partial charge in [-0.2, -0.15) is 10.2 Å². The lowest BCUT2D eigenvalue weighted by Crippen LogP contribution is -2.15. The third kappa shape index (κ3) is 7.26. The van der Waals surface area contributed by atoms with Gasteiger partial charge in [0.05, 0.1) is 28.0 Å². The second-order valence-corrected chi connectivity index (χ2v) is 10.3. The molecular weight excluding hydrogens is 615 g/mol. The molecule has 14 heteroatoms. The predicted molar refractivity (Wildman–Crippen MR) is 163 cm³/mol. The van der Waals surface area contributed by atoms with E-state index in [9.17, 15) is 18.4 Å². The molecule has 0 aliphatic rings. The summed E-state index contributed by atoms with van der Waals surface area (Å²) in [5, 5.41) is 11.4. The number of hydrogen-bond donors (Lipinski definition) is 1. The van der Waals surface area contributed by atoms with Crippen molar-refractivity contribution < 1.29 is 23.1 Å². The molecule has 5 rings (SSSR count). The number of anilines is 1. The summed E-state index contributed by atoms with van der Waals surface area (Å²) < 4.78 is 35.4. The summed E-state index contributed by atoms with van der Waals surface area (Å²) >= 11 is 11.9. The molecule has 1 N–H and O–H groups in total. The van der Waals surface area contributed by atoms with E-state index in [4.69, 9.17) is 27.9 Å². The Morgan fingerprint density at radius 3 is 1.82 bits per heavy atom. The number of nitrogens with one attached hydrogen (secondary N) is 1. The van der Waals surface area contributed by atoms with Gasteiger partial charge >= 0.3 is 5.97 Å². The van der Waals surface area contributed by atoms with E-state index in [1.165, 1.54) is 23.0 Å². The van der Waals surface area contributed by atoms with E-state index in [-0.39, 0.29) is 11.4 Å². The van der Waals surface area contributed by atoms with Crippen molar-refractivity contribution in [1.82, 2.24) is 29.5 Å². The fourth-order valence-corrected chi connectivity index (χ4v) is 4.50. The first-order valence-corrected chi connectivity index (χ1v) is 13.9. The molecule has 0 saturated heterocycles. The predicted octanol–water partition coefficient (Wildman–Crippen LogP) is 6.60. The number of hydrogen-bond acceptors (Lipinski definition) is 7. The van der Waals surface area contributed by atoms with Crippen molar-refractivity contribution in [1.29, 1.82) is 0 Å². The summed E-state index contributed by atoms with van der Waals surface area (Å²) in [6.45, 7) is 5.76. The summed E-state index contributed by atoms with van der Waals surface area (Å²) in [6, 6.07) is 10.0. The number of ether oxygens (including phenoxy) is 1. The number of carbonyl (C=O) groups is 2. The number of halogens is 4. The highest BCUT2D eigenvalue weighted by Gasteiger charge is 2.19. The van der Waals surface area contributed by atoms with Crippen LogP contribution >= 0.6 is 23.2 Å². The molecule has 0 bridgehead atoms. The van der Waals surface area contributed by atoms with E-state index in [1.54, 1.807) is 57.0 Å². The Bertz CT molecular complexity index is 1840. The molecule has 0 aliphatic heterocycles. The van der Waals surface area contributed by atoms with E-state index < -0.39 is 29.2 Å². The summed E-state index contributed by atoms with van der Waals surface area (Å²) in [4.78, 5) is 32.3. The Kier molecular flexibility index (Phi) is 10.1. The quantitative estimate of drug-likeness (QED) is 0.208. The van der Waals surface area contributed by atoms with Gasteiger partial charge in [0.15, 0.2) is 11.4 Å². The molecule has 44 heavy (non-hydrogen) atoms. The van der Waals surface area contributed by atoms with E-state index in [1.807, 2.05) is 6.92 Å². The lowest BCUT2D eigenvalue weighted by atomic mass is 10.1. The molecule has 0 spiro atoms. The molecule has 228 valence electrons. The zero-order chi connectivity index (χ0) is 32.1. The molecular formula is C30H27Cl2F2N7O3. The monoisotopic (exact) mass is 641 g/mol. The number of para-hydroxylation sites is 1. The molecule has 4 heterocycles. The number of nitrogens with zero attached hydrogens (tertiary/aromatic N) is 6. The number of amides is 1.